The smallest absolute Gasteiger partial charge is 0.0231 e. The third kappa shape index (κ3) is 2.03. The van der Waals surface area contributed by atoms with E-state index in [1.165, 1.54) is 0 Å². The van der Waals surface area contributed by atoms with Crippen LogP contribution in [0.1, 0.15) is 50.7 Å². The Balaban J connectivity index is 3.18. The standard InChI is InChI=1S/C12H18N/c1-8(2)10-6-5-7-11(9(3)4)12(10)13/h5-9,13H,1-4H3/q-1. The molecule has 0 fully saturated rings. The van der Waals surface area contributed by atoms with Crippen molar-refractivity contribution in [2.24, 2.45) is 0 Å². The van der Waals surface area contributed by atoms with E-state index in [0.29, 0.717) is 11.8 Å². The lowest BCUT2D eigenvalue weighted by molar-refractivity contribution is 0.842. The van der Waals surface area contributed by atoms with Crippen LogP contribution < -0.4 is 0 Å². The van der Waals surface area contributed by atoms with E-state index in [2.05, 4.69) is 45.9 Å². The average Bonchev–Trinajstić information content (AvgIpc) is 2.03. The van der Waals surface area contributed by atoms with Gasteiger partial charge < -0.3 is 5.73 Å². The fourth-order valence-electron chi connectivity index (χ4n) is 1.55. The highest BCUT2D eigenvalue weighted by atomic mass is 14.6. The molecule has 0 spiro atoms. The number of hydrogen-bond acceptors (Lipinski definition) is 0. The molecule has 72 valence electrons. The minimum absolute atomic E-state index is 0.450. The zero-order valence-corrected chi connectivity index (χ0v) is 8.89. The molecule has 0 aromatic heterocycles. The van der Waals surface area contributed by atoms with Crippen molar-refractivity contribution in [2.75, 3.05) is 0 Å². The summed E-state index contributed by atoms with van der Waals surface area (Å²) in [5.41, 5.74) is 11.1. The second kappa shape index (κ2) is 3.82. The fourth-order valence-corrected chi connectivity index (χ4v) is 1.55. The minimum Gasteiger partial charge on any atom is -0.698 e. The average molecular weight is 176 g/mol. The van der Waals surface area contributed by atoms with E-state index in [1.807, 2.05) is 0 Å². The van der Waals surface area contributed by atoms with Crippen LogP contribution in [0.2, 0.25) is 0 Å². The molecule has 0 heterocycles. The lowest BCUT2D eigenvalue weighted by Gasteiger charge is -2.22. The van der Waals surface area contributed by atoms with Gasteiger partial charge in [-0.15, -0.1) is 5.69 Å². The normalized spacial score (nSPS) is 11.2. The monoisotopic (exact) mass is 176 g/mol. The second-order valence-electron chi connectivity index (χ2n) is 4.12. The van der Waals surface area contributed by atoms with Gasteiger partial charge in [0.25, 0.3) is 0 Å². The van der Waals surface area contributed by atoms with Crippen molar-refractivity contribution in [3.05, 3.63) is 35.1 Å². The van der Waals surface area contributed by atoms with Crippen LogP contribution in [0.3, 0.4) is 0 Å². The SMILES string of the molecule is CC(C)c1cccc(C(C)C)c1[NH-]. The van der Waals surface area contributed by atoms with Gasteiger partial charge in [0.2, 0.25) is 0 Å². The lowest BCUT2D eigenvalue weighted by Crippen LogP contribution is -1.93. The highest BCUT2D eigenvalue weighted by Crippen LogP contribution is 2.33. The molecule has 1 aromatic rings. The number of rotatable bonds is 2. The summed E-state index contributed by atoms with van der Waals surface area (Å²) < 4.78 is 0. The second-order valence-corrected chi connectivity index (χ2v) is 4.12. The van der Waals surface area contributed by atoms with Gasteiger partial charge in [-0.2, -0.15) is 0 Å². The van der Waals surface area contributed by atoms with Gasteiger partial charge >= 0.3 is 0 Å². The molecule has 1 nitrogen and oxygen atoms in total. The Morgan fingerprint density at radius 2 is 1.31 bits per heavy atom. The zero-order chi connectivity index (χ0) is 10.0. The molecule has 0 bridgehead atoms. The molecule has 0 radical (unpaired) electrons. The van der Waals surface area contributed by atoms with Crippen LogP contribution in [0.25, 0.3) is 5.73 Å². The Bertz CT molecular complexity index is 261. The van der Waals surface area contributed by atoms with Gasteiger partial charge in [-0.3, -0.25) is 0 Å². The molecule has 0 saturated carbocycles. The van der Waals surface area contributed by atoms with E-state index in [1.54, 1.807) is 0 Å². The third-order valence-corrected chi connectivity index (χ3v) is 2.37. The molecule has 1 aromatic carbocycles. The van der Waals surface area contributed by atoms with E-state index in [4.69, 9.17) is 5.73 Å². The van der Waals surface area contributed by atoms with Crippen molar-refractivity contribution in [3.63, 3.8) is 0 Å². The van der Waals surface area contributed by atoms with Crippen LogP contribution in [-0.2, 0) is 0 Å². The van der Waals surface area contributed by atoms with Crippen LogP contribution in [0.15, 0.2) is 18.2 Å². The van der Waals surface area contributed by atoms with Crippen LogP contribution in [0.5, 0.6) is 0 Å². The van der Waals surface area contributed by atoms with Gasteiger partial charge in [0.1, 0.15) is 0 Å². The molecular formula is C12H18N-. The van der Waals surface area contributed by atoms with E-state index < -0.39 is 0 Å². The van der Waals surface area contributed by atoms with Crippen LogP contribution in [0.4, 0.5) is 5.69 Å². The molecule has 0 aliphatic heterocycles. The Morgan fingerprint density at radius 1 is 0.923 bits per heavy atom. The first kappa shape index (κ1) is 10.1. The summed E-state index contributed by atoms with van der Waals surface area (Å²) in [5, 5.41) is 0. The third-order valence-electron chi connectivity index (χ3n) is 2.37. The molecule has 0 unspecified atom stereocenters. The van der Waals surface area contributed by atoms with Gasteiger partial charge in [-0.25, -0.2) is 0 Å². The first-order chi connectivity index (χ1) is 6.04. The molecule has 13 heavy (non-hydrogen) atoms. The quantitative estimate of drug-likeness (QED) is 0.628. The fraction of sp³-hybridized carbons (Fsp3) is 0.500. The highest BCUT2D eigenvalue weighted by molar-refractivity contribution is 5.59. The Hall–Kier alpha value is -0.980. The van der Waals surface area contributed by atoms with Gasteiger partial charge in [0, 0.05) is 0 Å². The van der Waals surface area contributed by atoms with E-state index in [0.717, 1.165) is 16.8 Å². The van der Waals surface area contributed by atoms with Gasteiger partial charge in [-0.05, 0) is 11.8 Å². The summed E-state index contributed by atoms with van der Waals surface area (Å²) in [6.07, 6.45) is 0. The minimum atomic E-state index is 0.450. The number of hydrogen-bond donors (Lipinski definition) is 0. The molecule has 0 amide bonds. The molecule has 1 heteroatoms. The first-order valence-corrected chi connectivity index (χ1v) is 4.88. The Labute approximate surface area is 81.0 Å². The molecule has 1 N–H and O–H groups in total. The first-order valence-electron chi connectivity index (χ1n) is 4.88. The maximum absolute atomic E-state index is 8.01. The highest BCUT2D eigenvalue weighted by Gasteiger charge is 2.05. The van der Waals surface area contributed by atoms with Gasteiger partial charge in [0.15, 0.2) is 0 Å². The maximum atomic E-state index is 8.01. The van der Waals surface area contributed by atoms with Crippen molar-refractivity contribution in [1.29, 1.82) is 0 Å². The molecule has 0 atom stereocenters. The number of nitrogens with one attached hydrogen (secondary N) is 1. The van der Waals surface area contributed by atoms with E-state index in [-0.39, 0.29) is 0 Å². The van der Waals surface area contributed by atoms with Crippen molar-refractivity contribution in [2.45, 2.75) is 39.5 Å². The Morgan fingerprint density at radius 3 is 1.62 bits per heavy atom. The summed E-state index contributed by atoms with van der Waals surface area (Å²) in [6.45, 7) is 8.55. The van der Waals surface area contributed by atoms with E-state index >= 15 is 0 Å². The van der Waals surface area contributed by atoms with Crippen LogP contribution in [-0.4, -0.2) is 0 Å². The summed E-state index contributed by atoms with van der Waals surface area (Å²) in [6, 6.07) is 6.17. The number of benzene rings is 1. The molecular weight excluding hydrogens is 158 g/mol. The van der Waals surface area contributed by atoms with Crippen LogP contribution in [0, 0.1) is 0 Å². The van der Waals surface area contributed by atoms with Crippen molar-refractivity contribution in [3.8, 4) is 0 Å². The van der Waals surface area contributed by atoms with Gasteiger partial charge in [-0.1, -0.05) is 57.0 Å². The van der Waals surface area contributed by atoms with Crippen molar-refractivity contribution >= 4 is 5.69 Å². The molecule has 1 rings (SSSR count). The largest absolute Gasteiger partial charge is 0.698 e. The summed E-state index contributed by atoms with van der Waals surface area (Å²) in [4.78, 5) is 0. The maximum Gasteiger partial charge on any atom is -0.0231 e. The lowest BCUT2D eigenvalue weighted by atomic mass is 9.93. The summed E-state index contributed by atoms with van der Waals surface area (Å²) in [5.74, 6) is 0.900. The van der Waals surface area contributed by atoms with Crippen molar-refractivity contribution in [1.82, 2.24) is 0 Å². The summed E-state index contributed by atoms with van der Waals surface area (Å²) >= 11 is 0. The van der Waals surface area contributed by atoms with Crippen LogP contribution >= 0.6 is 0 Å². The topological polar surface area (TPSA) is 23.8 Å². The van der Waals surface area contributed by atoms with Crippen molar-refractivity contribution < 1.29 is 0 Å². The molecule has 0 aliphatic rings. The predicted molar refractivity (Wildman–Crippen MR) is 58.6 cm³/mol. The van der Waals surface area contributed by atoms with E-state index in [9.17, 15) is 0 Å². The Kier molecular flexibility index (Phi) is 2.97. The van der Waals surface area contributed by atoms with Gasteiger partial charge in [0.05, 0.1) is 0 Å². The zero-order valence-electron chi connectivity index (χ0n) is 8.89. The molecule has 0 saturated heterocycles. The summed E-state index contributed by atoms with van der Waals surface area (Å²) in [7, 11) is 0. The molecule has 0 aliphatic carbocycles. The predicted octanol–water partition coefficient (Wildman–Crippen LogP) is 4.62.